The van der Waals surface area contributed by atoms with E-state index in [0.717, 1.165) is 29.7 Å². The van der Waals surface area contributed by atoms with Gasteiger partial charge in [0, 0.05) is 15.9 Å². The lowest BCUT2D eigenvalue weighted by molar-refractivity contribution is 0.0941. The van der Waals surface area contributed by atoms with Gasteiger partial charge in [-0.05, 0) is 55.4 Å². The Labute approximate surface area is 195 Å². The zero-order chi connectivity index (χ0) is 22.3. The highest BCUT2D eigenvalue weighted by atomic mass is 35.5. The molecule has 2 aromatic rings. The first-order valence-corrected chi connectivity index (χ1v) is 13.4. The van der Waals surface area contributed by atoms with Gasteiger partial charge in [0.2, 0.25) is 0 Å². The zero-order valence-electron chi connectivity index (χ0n) is 16.8. The molecule has 0 bridgehead atoms. The maximum absolute atomic E-state index is 13.2. The van der Waals surface area contributed by atoms with Crippen LogP contribution in [-0.2, 0) is 22.7 Å². The van der Waals surface area contributed by atoms with E-state index < -0.39 is 21.8 Å². The van der Waals surface area contributed by atoms with Gasteiger partial charge in [-0.25, -0.2) is 8.42 Å². The highest BCUT2D eigenvalue weighted by Crippen LogP contribution is 2.40. The minimum absolute atomic E-state index is 0.0514. The fourth-order valence-corrected chi connectivity index (χ4v) is 7.66. The number of hydrogen-bond donors (Lipinski definition) is 2. The molecule has 2 unspecified atom stereocenters. The summed E-state index contributed by atoms with van der Waals surface area (Å²) in [6.45, 7) is 2.16. The van der Waals surface area contributed by atoms with Crippen molar-refractivity contribution in [2.45, 2.75) is 38.6 Å². The summed E-state index contributed by atoms with van der Waals surface area (Å²) in [5.41, 5.74) is 1.65. The molecule has 1 aliphatic carbocycles. The van der Waals surface area contributed by atoms with Gasteiger partial charge in [0.15, 0.2) is 9.84 Å². The van der Waals surface area contributed by atoms with Crippen LogP contribution in [0.4, 0.5) is 5.00 Å². The Morgan fingerprint density at radius 2 is 1.94 bits per heavy atom. The van der Waals surface area contributed by atoms with E-state index in [0.29, 0.717) is 27.9 Å². The first-order chi connectivity index (χ1) is 14.6. The number of carbonyl (C=O) groups is 2. The Morgan fingerprint density at radius 1 is 1.16 bits per heavy atom. The molecular formula is C21H22Cl2N2O4S2. The third-order valence-corrected chi connectivity index (χ3v) is 9.19. The number of benzene rings is 1. The summed E-state index contributed by atoms with van der Waals surface area (Å²) in [5, 5.41) is 6.83. The highest BCUT2D eigenvalue weighted by Gasteiger charge is 2.33. The largest absolute Gasteiger partial charge is 0.348 e. The highest BCUT2D eigenvalue weighted by molar-refractivity contribution is 7.91. The quantitative estimate of drug-likeness (QED) is 0.652. The van der Waals surface area contributed by atoms with Crippen LogP contribution in [0.3, 0.4) is 0 Å². The van der Waals surface area contributed by atoms with Crippen molar-refractivity contribution >= 4 is 61.2 Å². The second kappa shape index (κ2) is 8.73. The Balaban J connectivity index is 1.64. The third kappa shape index (κ3) is 4.92. The summed E-state index contributed by atoms with van der Waals surface area (Å²) in [4.78, 5) is 27.2. The molecule has 10 heteroatoms. The minimum Gasteiger partial charge on any atom is -0.348 e. The summed E-state index contributed by atoms with van der Waals surface area (Å²) in [7, 11) is -3.12. The van der Waals surface area contributed by atoms with Crippen LogP contribution in [0.1, 0.15) is 50.9 Å². The third-order valence-electron chi connectivity index (χ3n) is 5.71. The van der Waals surface area contributed by atoms with Crippen molar-refractivity contribution in [3.05, 3.63) is 49.8 Å². The Kier molecular flexibility index (Phi) is 6.36. The van der Waals surface area contributed by atoms with E-state index >= 15 is 0 Å². The first kappa shape index (κ1) is 22.6. The molecule has 0 saturated carbocycles. The van der Waals surface area contributed by atoms with Crippen LogP contribution in [0.5, 0.6) is 0 Å². The molecule has 4 rings (SSSR count). The van der Waals surface area contributed by atoms with Crippen molar-refractivity contribution in [3.8, 4) is 0 Å². The fourth-order valence-electron chi connectivity index (χ4n) is 4.09. The molecule has 2 N–H and O–H groups in total. The van der Waals surface area contributed by atoms with Crippen LogP contribution >= 0.6 is 34.5 Å². The maximum atomic E-state index is 13.2. The number of hydrogen-bond acceptors (Lipinski definition) is 5. The van der Waals surface area contributed by atoms with E-state index in [1.54, 1.807) is 12.1 Å². The molecule has 1 fully saturated rings. The van der Waals surface area contributed by atoms with Gasteiger partial charge in [0.05, 0.1) is 27.7 Å². The van der Waals surface area contributed by atoms with Gasteiger partial charge in [-0.15, -0.1) is 11.3 Å². The van der Waals surface area contributed by atoms with Crippen molar-refractivity contribution in [3.63, 3.8) is 0 Å². The lowest BCUT2D eigenvalue weighted by atomic mass is 9.88. The summed E-state index contributed by atoms with van der Waals surface area (Å²) >= 11 is 13.5. The van der Waals surface area contributed by atoms with E-state index in [1.165, 1.54) is 17.4 Å². The number of fused-ring (bicyclic) bond motifs is 1. The maximum Gasteiger partial charge on any atom is 0.257 e. The van der Waals surface area contributed by atoms with Crippen molar-refractivity contribution in [2.75, 3.05) is 16.8 Å². The minimum atomic E-state index is -3.12. The second-order valence-corrected chi connectivity index (χ2v) is 12.4. The summed E-state index contributed by atoms with van der Waals surface area (Å²) in [6.07, 6.45) is 2.95. The van der Waals surface area contributed by atoms with Crippen molar-refractivity contribution in [1.82, 2.24) is 5.32 Å². The Bertz CT molecular complexity index is 1160. The molecule has 1 aliphatic heterocycles. The number of halogens is 2. The molecule has 1 aromatic heterocycles. The van der Waals surface area contributed by atoms with Gasteiger partial charge in [-0.2, -0.15) is 0 Å². The second-order valence-electron chi connectivity index (χ2n) is 8.21. The molecular weight excluding hydrogens is 479 g/mol. The lowest BCUT2D eigenvalue weighted by Gasteiger charge is -2.19. The molecule has 31 heavy (non-hydrogen) atoms. The molecule has 2 heterocycles. The zero-order valence-corrected chi connectivity index (χ0v) is 20.0. The molecule has 2 atom stereocenters. The van der Waals surface area contributed by atoms with Gasteiger partial charge < -0.3 is 10.6 Å². The van der Waals surface area contributed by atoms with E-state index in [2.05, 4.69) is 17.6 Å². The molecule has 6 nitrogen and oxygen atoms in total. The van der Waals surface area contributed by atoms with Crippen LogP contribution in [0.25, 0.3) is 0 Å². The number of sulfone groups is 1. The van der Waals surface area contributed by atoms with E-state index in [9.17, 15) is 18.0 Å². The summed E-state index contributed by atoms with van der Waals surface area (Å²) in [6, 6.07) is 4.20. The Morgan fingerprint density at radius 3 is 2.61 bits per heavy atom. The van der Waals surface area contributed by atoms with Crippen LogP contribution in [0, 0.1) is 5.92 Å². The van der Waals surface area contributed by atoms with Crippen LogP contribution in [0.2, 0.25) is 10.0 Å². The molecule has 166 valence electrons. The van der Waals surface area contributed by atoms with Gasteiger partial charge >= 0.3 is 0 Å². The van der Waals surface area contributed by atoms with Gasteiger partial charge in [-0.1, -0.05) is 30.1 Å². The van der Waals surface area contributed by atoms with Crippen molar-refractivity contribution in [1.29, 1.82) is 0 Å². The monoisotopic (exact) mass is 500 g/mol. The molecule has 1 aromatic carbocycles. The predicted octanol–water partition coefficient (Wildman–Crippen LogP) is 4.35. The molecule has 2 aliphatic rings. The topological polar surface area (TPSA) is 92.3 Å². The standard InChI is InChI=1S/C21H22Cl2N2O4S2/c1-11-2-4-15-17(8-11)30-21(25-19(26)14-5-3-12(22)9-16(14)23)18(15)20(27)24-13-6-7-31(28,29)10-13/h3,5,9,11,13H,2,4,6-8,10H2,1H3,(H,24,27)(H,25,26). The Hall–Kier alpha value is -1.61. The summed E-state index contributed by atoms with van der Waals surface area (Å²) < 4.78 is 23.5. The number of thiophene rings is 1. The number of carbonyl (C=O) groups excluding carboxylic acids is 2. The van der Waals surface area contributed by atoms with Crippen LogP contribution in [-0.4, -0.2) is 37.8 Å². The average molecular weight is 501 g/mol. The first-order valence-electron chi connectivity index (χ1n) is 10.0. The lowest BCUT2D eigenvalue weighted by Crippen LogP contribution is -2.36. The molecule has 1 saturated heterocycles. The van der Waals surface area contributed by atoms with Crippen molar-refractivity contribution < 1.29 is 18.0 Å². The van der Waals surface area contributed by atoms with Gasteiger partial charge in [0.25, 0.3) is 11.8 Å². The number of anilines is 1. The normalized spacial score (nSPS) is 22.0. The summed E-state index contributed by atoms with van der Waals surface area (Å²) in [5.74, 6) is -0.242. The van der Waals surface area contributed by atoms with Crippen LogP contribution < -0.4 is 10.6 Å². The number of rotatable bonds is 4. The van der Waals surface area contributed by atoms with E-state index in [4.69, 9.17) is 23.2 Å². The van der Waals surface area contributed by atoms with E-state index in [-0.39, 0.29) is 28.0 Å². The number of nitrogens with one attached hydrogen (secondary N) is 2. The SMILES string of the molecule is CC1CCc2c(sc(NC(=O)c3ccc(Cl)cc3Cl)c2C(=O)NC2CCS(=O)(=O)C2)C1. The predicted molar refractivity (Wildman–Crippen MR) is 124 cm³/mol. The van der Waals surface area contributed by atoms with Gasteiger partial charge in [0.1, 0.15) is 5.00 Å². The number of amides is 2. The average Bonchev–Trinajstić information content (AvgIpc) is 3.19. The van der Waals surface area contributed by atoms with Crippen LogP contribution in [0.15, 0.2) is 18.2 Å². The van der Waals surface area contributed by atoms with Crippen molar-refractivity contribution in [2.24, 2.45) is 5.92 Å². The molecule has 0 spiro atoms. The van der Waals surface area contributed by atoms with E-state index in [1.807, 2.05) is 0 Å². The smallest absolute Gasteiger partial charge is 0.257 e. The van der Waals surface area contributed by atoms with Gasteiger partial charge in [-0.3, -0.25) is 9.59 Å². The molecule has 2 amide bonds. The fraction of sp³-hybridized carbons (Fsp3) is 0.429. The molecule has 0 radical (unpaired) electrons.